The Morgan fingerprint density at radius 2 is 1.48 bits per heavy atom. The maximum Gasteiger partial charge on any atom is 0.309 e. The van der Waals surface area contributed by atoms with Crippen molar-refractivity contribution in [3.63, 3.8) is 0 Å². The smallest absolute Gasteiger partial charge is 0.309 e. The van der Waals surface area contributed by atoms with E-state index in [1.165, 1.54) is 38.5 Å². The molecule has 1 aliphatic carbocycles. The van der Waals surface area contributed by atoms with Crippen molar-refractivity contribution in [1.29, 1.82) is 0 Å². The van der Waals surface area contributed by atoms with Crippen molar-refractivity contribution in [2.75, 3.05) is 6.54 Å². The zero-order chi connectivity index (χ0) is 15.3. The minimum Gasteiger partial charge on any atom is -0.348 e. The van der Waals surface area contributed by atoms with E-state index in [9.17, 15) is 9.59 Å². The van der Waals surface area contributed by atoms with Crippen molar-refractivity contribution >= 4 is 11.8 Å². The molecular weight excluding hydrogens is 264 g/mol. The molecule has 2 amide bonds. The van der Waals surface area contributed by atoms with Crippen LogP contribution in [-0.2, 0) is 9.59 Å². The lowest BCUT2D eigenvalue weighted by atomic mass is 9.95. The molecule has 0 aromatic rings. The molecule has 0 saturated heterocycles. The molecule has 0 unspecified atom stereocenters. The van der Waals surface area contributed by atoms with Gasteiger partial charge in [-0.2, -0.15) is 0 Å². The maximum absolute atomic E-state index is 11.7. The maximum atomic E-state index is 11.7. The van der Waals surface area contributed by atoms with Crippen LogP contribution >= 0.6 is 0 Å². The highest BCUT2D eigenvalue weighted by Gasteiger charge is 2.19. The van der Waals surface area contributed by atoms with Gasteiger partial charge in [0.05, 0.1) is 0 Å². The second kappa shape index (κ2) is 11.6. The van der Waals surface area contributed by atoms with Crippen LogP contribution in [0.4, 0.5) is 0 Å². The third-order valence-corrected chi connectivity index (χ3v) is 4.21. The first-order chi connectivity index (χ1) is 10.2. The molecule has 0 aromatic heterocycles. The van der Waals surface area contributed by atoms with Crippen molar-refractivity contribution in [3.05, 3.63) is 0 Å². The Morgan fingerprint density at radius 3 is 2.14 bits per heavy atom. The number of amides is 2. The van der Waals surface area contributed by atoms with Gasteiger partial charge in [0, 0.05) is 12.6 Å². The summed E-state index contributed by atoms with van der Waals surface area (Å²) in [4.78, 5) is 23.4. The van der Waals surface area contributed by atoms with Crippen LogP contribution in [0.15, 0.2) is 0 Å². The number of hydrogen-bond donors (Lipinski definition) is 2. The Kier molecular flexibility index (Phi) is 9.92. The fraction of sp³-hybridized carbons (Fsp3) is 0.882. The van der Waals surface area contributed by atoms with Gasteiger partial charge in [-0.25, -0.2) is 0 Å². The minimum atomic E-state index is -0.466. The van der Waals surface area contributed by atoms with E-state index in [0.717, 1.165) is 38.5 Å². The molecule has 1 fully saturated rings. The van der Waals surface area contributed by atoms with E-state index in [0.29, 0.717) is 6.54 Å². The third-order valence-electron chi connectivity index (χ3n) is 4.21. The molecule has 4 nitrogen and oxygen atoms in total. The summed E-state index contributed by atoms with van der Waals surface area (Å²) in [7, 11) is 0. The van der Waals surface area contributed by atoms with Crippen LogP contribution in [0.25, 0.3) is 0 Å². The van der Waals surface area contributed by atoms with Crippen LogP contribution in [-0.4, -0.2) is 24.4 Å². The van der Waals surface area contributed by atoms with Crippen molar-refractivity contribution in [3.8, 4) is 0 Å². The van der Waals surface area contributed by atoms with Crippen molar-refractivity contribution < 1.29 is 9.59 Å². The van der Waals surface area contributed by atoms with Gasteiger partial charge in [0.25, 0.3) is 0 Å². The molecule has 0 radical (unpaired) electrons. The minimum absolute atomic E-state index is 0.204. The quantitative estimate of drug-likeness (QED) is 0.506. The van der Waals surface area contributed by atoms with Crippen LogP contribution in [0.1, 0.15) is 84.0 Å². The molecular formula is C17H32N2O2. The third kappa shape index (κ3) is 8.74. The van der Waals surface area contributed by atoms with Gasteiger partial charge in [0.15, 0.2) is 0 Å². The standard InChI is InChI=1S/C17H32N2O2/c1-2-3-4-5-6-7-11-14-18-16(20)17(21)19-15-12-9-8-10-13-15/h15H,2-14H2,1H3,(H,18,20)(H,19,21). The predicted octanol–water partition coefficient (Wildman–Crippen LogP) is 3.30. The number of unbranched alkanes of at least 4 members (excludes halogenated alkanes) is 6. The Hall–Kier alpha value is -1.06. The summed E-state index contributed by atoms with van der Waals surface area (Å²) in [6.07, 6.45) is 14.1. The first-order valence-electron chi connectivity index (χ1n) is 8.82. The van der Waals surface area contributed by atoms with Gasteiger partial charge in [0.1, 0.15) is 0 Å². The van der Waals surface area contributed by atoms with E-state index in [2.05, 4.69) is 17.6 Å². The average molecular weight is 296 g/mol. The van der Waals surface area contributed by atoms with E-state index in [1.807, 2.05) is 0 Å². The molecule has 1 aliphatic rings. The lowest BCUT2D eigenvalue weighted by Gasteiger charge is -2.22. The van der Waals surface area contributed by atoms with E-state index in [-0.39, 0.29) is 6.04 Å². The number of carbonyl (C=O) groups is 2. The first kappa shape index (κ1) is 18.0. The van der Waals surface area contributed by atoms with Gasteiger partial charge < -0.3 is 10.6 Å². The van der Waals surface area contributed by atoms with Crippen molar-refractivity contribution in [1.82, 2.24) is 10.6 Å². The van der Waals surface area contributed by atoms with E-state index >= 15 is 0 Å². The molecule has 2 N–H and O–H groups in total. The highest BCUT2D eigenvalue weighted by molar-refractivity contribution is 6.35. The molecule has 0 heterocycles. The topological polar surface area (TPSA) is 58.2 Å². The van der Waals surface area contributed by atoms with Crippen LogP contribution in [0.3, 0.4) is 0 Å². The molecule has 1 saturated carbocycles. The summed E-state index contributed by atoms with van der Waals surface area (Å²) in [5.74, 6) is -0.920. The Bertz CT molecular complexity index is 299. The number of carbonyl (C=O) groups excluding carboxylic acids is 2. The Labute approximate surface area is 129 Å². The molecule has 0 aliphatic heterocycles. The predicted molar refractivity (Wildman–Crippen MR) is 86.0 cm³/mol. The second-order valence-electron chi connectivity index (χ2n) is 6.19. The Morgan fingerprint density at radius 1 is 0.857 bits per heavy atom. The molecule has 4 heteroatoms. The van der Waals surface area contributed by atoms with Crippen LogP contribution in [0.2, 0.25) is 0 Å². The fourth-order valence-electron chi connectivity index (χ4n) is 2.86. The largest absolute Gasteiger partial charge is 0.348 e. The summed E-state index contributed by atoms with van der Waals surface area (Å²) < 4.78 is 0. The highest BCUT2D eigenvalue weighted by atomic mass is 16.2. The van der Waals surface area contributed by atoms with E-state index < -0.39 is 11.8 Å². The normalized spacial score (nSPS) is 15.7. The Balaban J connectivity index is 1.98. The number of rotatable bonds is 9. The van der Waals surface area contributed by atoms with Gasteiger partial charge in [-0.3, -0.25) is 9.59 Å². The summed E-state index contributed by atoms with van der Waals surface area (Å²) >= 11 is 0. The van der Waals surface area contributed by atoms with E-state index in [4.69, 9.17) is 0 Å². The van der Waals surface area contributed by atoms with Crippen LogP contribution in [0, 0.1) is 0 Å². The summed E-state index contributed by atoms with van der Waals surface area (Å²) in [6, 6.07) is 0.204. The van der Waals surface area contributed by atoms with Crippen molar-refractivity contribution in [2.45, 2.75) is 90.0 Å². The first-order valence-corrected chi connectivity index (χ1v) is 8.82. The zero-order valence-corrected chi connectivity index (χ0v) is 13.6. The van der Waals surface area contributed by atoms with Crippen molar-refractivity contribution in [2.24, 2.45) is 0 Å². The van der Waals surface area contributed by atoms with Gasteiger partial charge in [-0.1, -0.05) is 64.7 Å². The molecule has 1 rings (SSSR count). The second-order valence-corrected chi connectivity index (χ2v) is 6.19. The monoisotopic (exact) mass is 296 g/mol. The SMILES string of the molecule is CCCCCCCCCNC(=O)C(=O)NC1CCCCC1. The van der Waals surface area contributed by atoms with E-state index in [1.54, 1.807) is 0 Å². The van der Waals surface area contributed by atoms with Gasteiger partial charge in [-0.15, -0.1) is 0 Å². The molecule has 0 aromatic carbocycles. The zero-order valence-electron chi connectivity index (χ0n) is 13.6. The summed E-state index contributed by atoms with van der Waals surface area (Å²) in [5.41, 5.74) is 0. The fourth-order valence-corrected chi connectivity index (χ4v) is 2.86. The van der Waals surface area contributed by atoms with Gasteiger partial charge in [-0.05, 0) is 19.3 Å². The molecule has 0 spiro atoms. The van der Waals surface area contributed by atoms with Crippen LogP contribution < -0.4 is 10.6 Å². The lowest BCUT2D eigenvalue weighted by molar-refractivity contribution is -0.139. The molecule has 0 atom stereocenters. The molecule has 0 bridgehead atoms. The molecule has 21 heavy (non-hydrogen) atoms. The number of hydrogen-bond acceptors (Lipinski definition) is 2. The molecule has 122 valence electrons. The lowest BCUT2D eigenvalue weighted by Crippen LogP contribution is -2.45. The summed E-state index contributed by atoms with van der Waals surface area (Å²) in [5, 5.41) is 5.57. The number of nitrogens with one attached hydrogen (secondary N) is 2. The average Bonchev–Trinajstić information content (AvgIpc) is 2.50. The van der Waals surface area contributed by atoms with Gasteiger partial charge >= 0.3 is 11.8 Å². The highest BCUT2D eigenvalue weighted by Crippen LogP contribution is 2.17. The van der Waals surface area contributed by atoms with Crippen LogP contribution in [0.5, 0.6) is 0 Å². The van der Waals surface area contributed by atoms with Gasteiger partial charge in [0.2, 0.25) is 0 Å². The summed E-state index contributed by atoms with van der Waals surface area (Å²) in [6.45, 7) is 2.83.